The third kappa shape index (κ3) is 3.10. The molecule has 0 saturated carbocycles. The Bertz CT molecular complexity index is 1180. The van der Waals surface area contributed by atoms with Gasteiger partial charge >= 0.3 is 0 Å². The van der Waals surface area contributed by atoms with Crippen LogP contribution in [0.15, 0.2) is 12.1 Å². The van der Waals surface area contributed by atoms with Crippen molar-refractivity contribution in [1.82, 2.24) is 19.3 Å². The zero-order valence-corrected chi connectivity index (χ0v) is 16.7. The third-order valence-corrected chi connectivity index (χ3v) is 4.93. The molecule has 1 amide bonds. The van der Waals surface area contributed by atoms with Crippen molar-refractivity contribution < 1.29 is 13.9 Å². The highest BCUT2D eigenvalue weighted by atomic mass is 19.1. The van der Waals surface area contributed by atoms with E-state index in [9.17, 15) is 14.4 Å². The minimum absolute atomic E-state index is 0.132. The van der Waals surface area contributed by atoms with Crippen LogP contribution >= 0.6 is 0 Å². The molecule has 0 unspecified atom stereocenters. The van der Waals surface area contributed by atoms with Gasteiger partial charge in [-0.05, 0) is 19.9 Å². The fourth-order valence-electron chi connectivity index (χ4n) is 3.57. The molecule has 0 aliphatic carbocycles. The van der Waals surface area contributed by atoms with Crippen molar-refractivity contribution in [3.05, 3.63) is 34.9 Å². The maximum Gasteiger partial charge on any atom is 0.279 e. The van der Waals surface area contributed by atoms with Crippen molar-refractivity contribution in [1.29, 1.82) is 5.26 Å². The molecule has 0 bridgehead atoms. The summed E-state index contributed by atoms with van der Waals surface area (Å²) in [7, 11) is 0. The number of aromatic nitrogens is 4. The minimum Gasteiger partial charge on any atom is -0.491 e. The number of benzene rings is 1. The van der Waals surface area contributed by atoms with Crippen LogP contribution < -0.4 is 10.1 Å². The summed E-state index contributed by atoms with van der Waals surface area (Å²) in [6.45, 7) is 8.73. The van der Waals surface area contributed by atoms with Gasteiger partial charge in [-0.15, -0.1) is 0 Å². The lowest BCUT2D eigenvalue weighted by Crippen LogP contribution is -2.27. The largest absolute Gasteiger partial charge is 0.491 e. The van der Waals surface area contributed by atoms with Gasteiger partial charge in [0, 0.05) is 24.6 Å². The summed E-state index contributed by atoms with van der Waals surface area (Å²) in [6.07, 6.45) is 0. The van der Waals surface area contributed by atoms with E-state index in [1.807, 2.05) is 18.4 Å². The molecule has 150 valence electrons. The molecule has 2 aromatic heterocycles. The molecule has 3 heterocycles. The van der Waals surface area contributed by atoms with Gasteiger partial charge in [0.05, 0.1) is 29.5 Å². The van der Waals surface area contributed by atoms with Gasteiger partial charge in [0.2, 0.25) is 5.95 Å². The first-order chi connectivity index (χ1) is 13.7. The second-order valence-electron chi connectivity index (χ2n) is 7.95. The summed E-state index contributed by atoms with van der Waals surface area (Å²) in [5.74, 6) is -0.451. The zero-order valence-electron chi connectivity index (χ0n) is 16.7. The number of carbonyl (C=O) groups is 1. The van der Waals surface area contributed by atoms with Crippen molar-refractivity contribution in [2.45, 2.75) is 40.8 Å². The van der Waals surface area contributed by atoms with E-state index in [4.69, 9.17) is 4.74 Å². The molecule has 4 rings (SSSR count). The van der Waals surface area contributed by atoms with Gasteiger partial charge in [-0.2, -0.15) is 10.4 Å². The highest BCUT2D eigenvalue weighted by Gasteiger charge is 2.30. The zero-order chi connectivity index (χ0) is 20.9. The molecule has 8 nitrogen and oxygen atoms in total. The fourth-order valence-corrected chi connectivity index (χ4v) is 3.57. The number of ether oxygens (including phenoxy) is 1. The van der Waals surface area contributed by atoms with Gasteiger partial charge < -0.3 is 9.30 Å². The molecule has 1 N–H and O–H groups in total. The standard InChI is InChI=1S/C20H21FN6O2/c1-5-27-17(15(21)11(2)25-27)18(28)24-19-23-13-6-12(8-22)7-14-16(13)26(19)9-20(3,4)10-29-14/h6-7H,5,9-10H2,1-4H3,(H,23,24,28). The summed E-state index contributed by atoms with van der Waals surface area (Å²) in [5.41, 5.74) is 1.44. The summed E-state index contributed by atoms with van der Waals surface area (Å²) in [5, 5.41) is 16.1. The van der Waals surface area contributed by atoms with E-state index in [0.717, 1.165) is 0 Å². The Morgan fingerprint density at radius 2 is 2.21 bits per heavy atom. The van der Waals surface area contributed by atoms with Crippen molar-refractivity contribution in [3.63, 3.8) is 0 Å². The SMILES string of the molecule is CCn1nc(C)c(F)c1C(=O)Nc1nc2cc(C#N)cc3c2n1CC(C)(C)CO3. The van der Waals surface area contributed by atoms with E-state index >= 15 is 0 Å². The lowest BCUT2D eigenvalue weighted by atomic mass is 9.95. The van der Waals surface area contributed by atoms with E-state index in [0.29, 0.717) is 42.0 Å². The topological polar surface area (TPSA) is 97.8 Å². The summed E-state index contributed by atoms with van der Waals surface area (Å²) < 4.78 is 23.6. The van der Waals surface area contributed by atoms with E-state index in [1.165, 1.54) is 11.6 Å². The number of amides is 1. The van der Waals surface area contributed by atoms with E-state index in [-0.39, 0.29) is 22.8 Å². The predicted molar refractivity (Wildman–Crippen MR) is 104 cm³/mol. The normalized spacial score (nSPS) is 14.9. The lowest BCUT2D eigenvalue weighted by Gasteiger charge is -2.23. The van der Waals surface area contributed by atoms with Gasteiger partial charge in [0.15, 0.2) is 11.5 Å². The Kier molecular flexibility index (Phi) is 4.30. The first kappa shape index (κ1) is 18.9. The predicted octanol–water partition coefficient (Wildman–Crippen LogP) is 3.24. The number of nitrogens with one attached hydrogen (secondary N) is 1. The van der Waals surface area contributed by atoms with Gasteiger partial charge in [0.1, 0.15) is 11.3 Å². The Hall–Kier alpha value is -3.41. The number of halogens is 1. The molecule has 0 radical (unpaired) electrons. The van der Waals surface area contributed by atoms with Gasteiger partial charge in [0.25, 0.3) is 5.91 Å². The summed E-state index contributed by atoms with van der Waals surface area (Å²) in [4.78, 5) is 17.4. The molecule has 29 heavy (non-hydrogen) atoms. The van der Waals surface area contributed by atoms with Gasteiger partial charge in [-0.25, -0.2) is 9.37 Å². The Morgan fingerprint density at radius 3 is 2.90 bits per heavy atom. The molecule has 0 atom stereocenters. The van der Waals surface area contributed by atoms with Crippen molar-refractivity contribution in [3.8, 4) is 11.8 Å². The van der Waals surface area contributed by atoms with Crippen LogP contribution in [0.1, 0.15) is 42.5 Å². The molecule has 0 saturated heterocycles. The number of hydrogen-bond acceptors (Lipinski definition) is 5. The number of nitrogens with zero attached hydrogens (tertiary/aromatic N) is 5. The number of nitriles is 1. The Balaban J connectivity index is 1.84. The Labute approximate surface area is 166 Å². The van der Waals surface area contributed by atoms with Crippen LogP contribution in [0.5, 0.6) is 5.75 Å². The molecule has 0 spiro atoms. The summed E-state index contributed by atoms with van der Waals surface area (Å²) in [6, 6.07) is 5.42. The van der Waals surface area contributed by atoms with E-state index in [2.05, 4.69) is 21.5 Å². The fraction of sp³-hybridized carbons (Fsp3) is 0.400. The molecule has 1 aliphatic heterocycles. The van der Waals surface area contributed by atoms with E-state index in [1.54, 1.807) is 19.1 Å². The summed E-state index contributed by atoms with van der Waals surface area (Å²) >= 11 is 0. The average molecular weight is 396 g/mol. The van der Waals surface area contributed by atoms with Gasteiger partial charge in [-0.3, -0.25) is 14.8 Å². The smallest absolute Gasteiger partial charge is 0.279 e. The number of anilines is 1. The third-order valence-electron chi connectivity index (χ3n) is 4.93. The molecule has 1 aromatic carbocycles. The molecule has 0 fully saturated rings. The molecule has 1 aliphatic rings. The van der Waals surface area contributed by atoms with Crippen LogP contribution in [0.25, 0.3) is 11.0 Å². The van der Waals surface area contributed by atoms with Gasteiger partial charge in [-0.1, -0.05) is 13.8 Å². The van der Waals surface area contributed by atoms with Crippen LogP contribution in [0, 0.1) is 29.5 Å². The number of carbonyl (C=O) groups excluding carboxylic acids is 1. The number of imidazole rings is 1. The number of aryl methyl sites for hydroxylation is 2. The first-order valence-electron chi connectivity index (χ1n) is 9.35. The highest BCUT2D eigenvalue weighted by Crippen LogP contribution is 2.37. The lowest BCUT2D eigenvalue weighted by molar-refractivity contribution is 0.101. The van der Waals surface area contributed by atoms with Crippen LogP contribution in [-0.2, 0) is 13.1 Å². The average Bonchev–Trinajstić information content (AvgIpc) is 3.10. The van der Waals surface area contributed by atoms with Crippen LogP contribution in [0.2, 0.25) is 0 Å². The van der Waals surface area contributed by atoms with Crippen LogP contribution in [0.4, 0.5) is 10.3 Å². The van der Waals surface area contributed by atoms with Crippen molar-refractivity contribution in [2.24, 2.45) is 5.41 Å². The first-order valence-corrected chi connectivity index (χ1v) is 9.35. The quantitative estimate of drug-likeness (QED) is 0.733. The molecule has 3 aromatic rings. The monoisotopic (exact) mass is 396 g/mol. The maximum atomic E-state index is 14.5. The van der Waals surface area contributed by atoms with Crippen molar-refractivity contribution in [2.75, 3.05) is 11.9 Å². The molecular weight excluding hydrogens is 375 g/mol. The maximum absolute atomic E-state index is 14.5. The van der Waals surface area contributed by atoms with Crippen LogP contribution in [-0.4, -0.2) is 31.8 Å². The number of hydrogen-bond donors (Lipinski definition) is 1. The second-order valence-corrected chi connectivity index (χ2v) is 7.95. The molecular formula is C20H21FN6O2. The Morgan fingerprint density at radius 1 is 1.45 bits per heavy atom. The van der Waals surface area contributed by atoms with Crippen molar-refractivity contribution >= 4 is 22.9 Å². The van der Waals surface area contributed by atoms with Crippen LogP contribution in [0.3, 0.4) is 0 Å². The molecule has 9 heteroatoms. The number of rotatable bonds is 3. The second kappa shape index (κ2) is 6.58. The van der Waals surface area contributed by atoms with E-state index < -0.39 is 11.7 Å². The minimum atomic E-state index is -0.646. The highest BCUT2D eigenvalue weighted by molar-refractivity contribution is 6.03.